The van der Waals surface area contributed by atoms with Gasteiger partial charge in [-0.2, -0.15) is 0 Å². The van der Waals surface area contributed by atoms with Gasteiger partial charge in [0.15, 0.2) is 0 Å². The average Bonchev–Trinajstić information content (AvgIpc) is 3.24. The number of aliphatic hydroxyl groups excluding tert-OH is 1. The summed E-state index contributed by atoms with van der Waals surface area (Å²) >= 11 is 0. The molecular formula is C24H34N2O4. The van der Waals surface area contributed by atoms with Crippen LogP contribution in [-0.4, -0.2) is 54.7 Å². The molecule has 30 heavy (non-hydrogen) atoms. The van der Waals surface area contributed by atoms with Crippen molar-refractivity contribution < 1.29 is 19.4 Å². The summed E-state index contributed by atoms with van der Waals surface area (Å²) in [7, 11) is 1.69. The van der Waals surface area contributed by atoms with Crippen LogP contribution in [0, 0.1) is 5.92 Å². The highest BCUT2D eigenvalue weighted by molar-refractivity contribution is 5.93. The Kier molecular flexibility index (Phi) is 8.05. The molecule has 2 aliphatic heterocycles. The van der Waals surface area contributed by atoms with Gasteiger partial charge in [0.2, 0.25) is 11.8 Å². The third-order valence-electron chi connectivity index (χ3n) is 6.23. The van der Waals surface area contributed by atoms with Crippen LogP contribution in [0.25, 0.3) is 0 Å². The van der Waals surface area contributed by atoms with Gasteiger partial charge in [-0.1, -0.05) is 31.2 Å². The summed E-state index contributed by atoms with van der Waals surface area (Å²) in [6, 6.07) is 8.01. The molecule has 0 unspecified atom stereocenters. The van der Waals surface area contributed by atoms with Crippen LogP contribution in [0.4, 0.5) is 5.69 Å². The molecule has 164 valence electrons. The molecule has 3 rings (SSSR count). The van der Waals surface area contributed by atoms with Crippen molar-refractivity contribution in [3.05, 3.63) is 42.0 Å². The van der Waals surface area contributed by atoms with Gasteiger partial charge in [0.05, 0.1) is 18.8 Å². The summed E-state index contributed by atoms with van der Waals surface area (Å²) in [6.07, 6.45) is 8.64. The maximum Gasteiger partial charge on any atom is 0.226 e. The first-order chi connectivity index (χ1) is 14.5. The van der Waals surface area contributed by atoms with E-state index in [4.69, 9.17) is 4.74 Å². The molecule has 1 aromatic carbocycles. The molecule has 6 heteroatoms. The summed E-state index contributed by atoms with van der Waals surface area (Å²) in [4.78, 5) is 28.2. The molecule has 3 atom stereocenters. The van der Waals surface area contributed by atoms with Crippen molar-refractivity contribution in [2.45, 2.75) is 57.6 Å². The van der Waals surface area contributed by atoms with Crippen LogP contribution >= 0.6 is 0 Å². The summed E-state index contributed by atoms with van der Waals surface area (Å²) in [5.41, 5.74) is 1.99. The number of methoxy groups -OCH3 is 1. The molecule has 1 N–H and O–H groups in total. The second kappa shape index (κ2) is 10.7. The van der Waals surface area contributed by atoms with E-state index >= 15 is 0 Å². The standard InChI is InChI=1S/C24H34N2O4/c1-18(7-5-10-23(29)26-16-6-8-21(26)17-27)24(30-2)19-11-13-20(14-12-19)25-15-4-3-9-22(25)28/h5,7,11-14,18,21,24,27H,3-4,6,8-10,15-17H2,1-2H3/b7-5+/t18-,21+,24+/m1/s1. The van der Waals surface area contributed by atoms with Crippen molar-refractivity contribution in [3.8, 4) is 0 Å². The molecule has 2 fully saturated rings. The number of likely N-dealkylation sites (tertiary alicyclic amines) is 1. The third kappa shape index (κ3) is 5.29. The van der Waals surface area contributed by atoms with Gasteiger partial charge in [-0.25, -0.2) is 0 Å². The Bertz CT molecular complexity index is 746. The number of hydrogen-bond acceptors (Lipinski definition) is 4. The van der Waals surface area contributed by atoms with E-state index in [0.29, 0.717) is 12.8 Å². The van der Waals surface area contributed by atoms with E-state index in [9.17, 15) is 14.7 Å². The van der Waals surface area contributed by atoms with Crippen LogP contribution in [-0.2, 0) is 14.3 Å². The Hall–Kier alpha value is -2.18. The Labute approximate surface area is 179 Å². The number of carbonyl (C=O) groups is 2. The van der Waals surface area contributed by atoms with Crippen LogP contribution in [0.2, 0.25) is 0 Å². The first-order valence-corrected chi connectivity index (χ1v) is 11.0. The van der Waals surface area contributed by atoms with Gasteiger partial charge < -0.3 is 19.6 Å². The molecule has 2 heterocycles. The van der Waals surface area contributed by atoms with Gasteiger partial charge in [-0.15, -0.1) is 0 Å². The molecule has 0 spiro atoms. The normalized spacial score (nSPS) is 22.0. The number of anilines is 1. The highest BCUT2D eigenvalue weighted by Crippen LogP contribution is 2.29. The highest BCUT2D eigenvalue weighted by atomic mass is 16.5. The van der Waals surface area contributed by atoms with Crippen LogP contribution < -0.4 is 4.90 Å². The van der Waals surface area contributed by atoms with Crippen molar-refractivity contribution in [2.75, 3.05) is 31.7 Å². The second-order valence-electron chi connectivity index (χ2n) is 8.31. The van der Waals surface area contributed by atoms with E-state index in [1.54, 1.807) is 12.0 Å². The van der Waals surface area contributed by atoms with Crippen LogP contribution in [0.3, 0.4) is 0 Å². The molecule has 0 radical (unpaired) electrons. The van der Waals surface area contributed by atoms with Gasteiger partial charge in [-0.05, 0) is 43.4 Å². The van der Waals surface area contributed by atoms with Gasteiger partial charge in [0.1, 0.15) is 0 Å². The monoisotopic (exact) mass is 414 g/mol. The number of piperidine rings is 1. The number of amides is 2. The maximum atomic E-state index is 12.4. The topological polar surface area (TPSA) is 70.1 Å². The average molecular weight is 415 g/mol. The lowest BCUT2D eigenvalue weighted by atomic mass is 9.96. The Balaban J connectivity index is 1.58. The number of aliphatic hydroxyl groups is 1. The fraction of sp³-hybridized carbons (Fsp3) is 0.583. The number of rotatable bonds is 8. The van der Waals surface area contributed by atoms with Gasteiger partial charge in [-0.3, -0.25) is 9.59 Å². The summed E-state index contributed by atoms with van der Waals surface area (Å²) in [5, 5.41) is 9.40. The molecule has 0 aromatic heterocycles. The Morgan fingerprint density at radius 2 is 2.00 bits per heavy atom. The molecule has 2 aliphatic rings. The van der Waals surface area contributed by atoms with Crippen molar-refractivity contribution >= 4 is 17.5 Å². The Morgan fingerprint density at radius 1 is 1.23 bits per heavy atom. The van der Waals surface area contributed by atoms with Gasteiger partial charge in [0, 0.05) is 44.6 Å². The molecule has 1 aromatic rings. The van der Waals surface area contributed by atoms with Crippen LogP contribution in [0.15, 0.2) is 36.4 Å². The molecule has 2 saturated heterocycles. The van der Waals surface area contributed by atoms with Crippen molar-refractivity contribution in [1.29, 1.82) is 0 Å². The lowest BCUT2D eigenvalue weighted by Gasteiger charge is -2.27. The zero-order valence-electron chi connectivity index (χ0n) is 18.1. The van der Waals surface area contributed by atoms with E-state index < -0.39 is 0 Å². The first-order valence-electron chi connectivity index (χ1n) is 11.0. The van der Waals surface area contributed by atoms with Gasteiger partial charge in [0.25, 0.3) is 0 Å². The highest BCUT2D eigenvalue weighted by Gasteiger charge is 2.27. The zero-order valence-corrected chi connectivity index (χ0v) is 18.1. The Morgan fingerprint density at radius 3 is 2.67 bits per heavy atom. The van der Waals surface area contributed by atoms with E-state index in [0.717, 1.165) is 50.0 Å². The lowest BCUT2D eigenvalue weighted by molar-refractivity contribution is -0.131. The lowest BCUT2D eigenvalue weighted by Crippen LogP contribution is -2.37. The number of nitrogens with zero attached hydrogens (tertiary/aromatic N) is 2. The maximum absolute atomic E-state index is 12.4. The van der Waals surface area contributed by atoms with E-state index in [-0.39, 0.29) is 36.5 Å². The zero-order chi connectivity index (χ0) is 21.5. The van der Waals surface area contributed by atoms with Crippen LogP contribution in [0.1, 0.15) is 57.1 Å². The SMILES string of the molecule is CO[C@H](c1ccc(N2CCCCC2=O)cc1)[C@H](C)/C=C/CC(=O)N1CCC[C@H]1CO. The molecule has 2 amide bonds. The number of benzene rings is 1. The minimum atomic E-state index is -0.126. The molecule has 0 aliphatic carbocycles. The quantitative estimate of drug-likeness (QED) is 0.662. The molecular weight excluding hydrogens is 380 g/mol. The van der Waals surface area contributed by atoms with E-state index in [2.05, 4.69) is 6.92 Å². The largest absolute Gasteiger partial charge is 0.394 e. The van der Waals surface area contributed by atoms with Crippen molar-refractivity contribution in [2.24, 2.45) is 5.92 Å². The van der Waals surface area contributed by atoms with Crippen molar-refractivity contribution in [3.63, 3.8) is 0 Å². The fourth-order valence-electron chi connectivity index (χ4n) is 4.53. The first kappa shape index (κ1) is 22.5. The molecule has 6 nitrogen and oxygen atoms in total. The summed E-state index contributed by atoms with van der Waals surface area (Å²) in [5.74, 6) is 0.358. The van der Waals surface area contributed by atoms with Gasteiger partial charge >= 0.3 is 0 Å². The van der Waals surface area contributed by atoms with E-state index in [1.807, 2.05) is 41.3 Å². The number of carbonyl (C=O) groups excluding carboxylic acids is 2. The predicted octanol–water partition coefficient (Wildman–Crippen LogP) is 3.46. The smallest absolute Gasteiger partial charge is 0.226 e. The minimum absolute atomic E-state index is 0.0275. The van der Waals surface area contributed by atoms with E-state index in [1.165, 1.54) is 0 Å². The number of ether oxygens (including phenoxy) is 1. The minimum Gasteiger partial charge on any atom is -0.394 e. The van der Waals surface area contributed by atoms with Crippen molar-refractivity contribution in [1.82, 2.24) is 4.90 Å². The number of hydrogen-bond donors (Lipinski definition) is 1. The third-order valence-corrected chi connectivity index (χ3v) is 6.23. The predicted molar refractivity (Wildman–Crippen MR) is 117 cm³/mol. The van der Waals surface area contributed by atoms with Crippen LogP contribution in [0.5, 0.6) is 0 Å². The fourth-order valence-corrected chi connectivity index (χ4v) is 4.53. The molecule has 0 saturated carbocycles. The summed E-state index contributed by atoms with van der Waals surface area (Å²) in [6.45, 7) is 3.63. The second-order valence-corrected chi connectivity index (χ2v) is 8.31. The summed E-state index contributed by atoms with van der Waals surface area (Å²) < 4.78 is 5.74. The molecule has 0 bridgehead atoms.